The summed E-state index contributed by atoms with van der Waals surface area (Å²) in [5.74, 6) is -0.955. The van der Waals surface area contributed by atoms with Crippen molar-refractivity contribution in [2.75, 3.05) is 32.7 Å². The maximum Gasteiger partial charge on any atom is 0.242 e. The molecule has 0 aromatic rings. The molecular weight excluding hydrogens is 370 g/mol. The van der Waals surface area contributed by atoms with Gasteiger partial charge in [-0.1, -0.05) is 37.8 Å². The van der Waals surface area contributed by atoms with Crippen molar-refractivity contribution in [3.8, 4) is 0 Å². The lowest BCUT2D eigenvalue weighted by molar-refractivity contribution is -0.150. The summed E-state index contributed by atoms with van der Waals surface area (Å²) in [5, 5.41) is 0. The van der Waals surface area contributed by atoms with Gasteiger partial charge in [-0.2, -0.15) is 0 Å². The number of likely N-dealkylation sites (N-methyl/N-ethyl adjacent to an activating group) is 1. The van der Waals surface area contributed by atoms with Crippen LogP contribution >= 0.6 is 0 Å². The molecule has 0 aromatic heterocycles. The van der Waals surface area contributed by atoms with Gasteiger partial charge in [0.2, 0.25) is 17.7 Å². The van der Waals surface area contributed by atoms with Crippen molar-refractivity contribution in [2.45, 2.75) is 63.2 Å². The molecular formula is C22H31N3O4. The second-order valence-electron chi connectivity index (χ2n) is 9.24. The minimum absolute atomic E-state index is 0.0146. The van der Waals surface area contributed by atoms with E-state index in [-0.39, 0.29) is 36.4 Å². The topological polar surface area (TPSA) is 70.2 Å². The van der Waals surface area contributed by atoms with E-state index >= 15 is 0 Å². The number of amides is 3. The average molecular weight is 402 g/mol. The number of hydrogen-bond acceptors (Lipinski definition) is 4. The molecule has 1 saturated carbocycles. The Morgan fingerprint density at radius 3 is 2.62 bits per heavy atom. The first kappa shape index (κ1) is 19.1. The number of piperazine rings is 1. The van der Waals surface area contributed by atoms with E-state index in [4.69, 9.17) is 4.74 Å². The summed E-state index contributed by atoms with van der Waals surface area (Å²) in [4.78, 5) is 44.7. The maximum atomic E-state index is 13.5. The zero-order chi connectivity index (χ0) is 20.2. The third-order valence-corrected chi connectivity index (χ3v) is 7.69. The van der Waals surface area contributed by atoms with Crippen LogP contribution in [0.2, 0.25) is 0 Å². The molecule has 158 valence electrons. The number of fused-ring (bicyclic) bond motifs is 1. The van der Waals surface area contributed by atoms with E-state index in [0.29, 0.717) is 26.2 Å². The summed E-state index contributed by atoms with van der Waals surface area (Å²) in [6.45, 7) is 4.39. The van der Waals surface area contributed by atoms with E-state index in [2.05, 4.69) is 0 Å². The highest BCUT2D eigenvalue weighted by Crippen LogP contribution is 2.53. The quantitative estimate of drug-likeness (QED) is 0.526. The van der Waals surface area contributed by atoms with Crippen molar-refractivity contribution >= 4 is 17.7 Å². The van der Waals surface area contributed by atoms with Gasteiger partial charge in [-0.05, 0) is 19.8 Å². The molecule has 7 heteroatoms. The van der Waals surface area contributed by atoms with Gasteiger partial charge in [0.05, 0.1) is 31.0 Å². The van der Waals surface area contributed by atoms with Crippen LogP contribution in [0.3, 0.4) is 0 Å². The predicted molar refractivity (Wildman–Crippen MR) is 106 cm³/mol. The molecule has 4 atom stereocenters. The van der Waals surface area contributed by atoms with Gasteiger partial charge in [0.1, 0.15) is 5.60 Å². The zero-order valence-corrected chi connectivity index (χ0v) is 17.2. The van der Waals surface area contributed by atoms with Gasteiger partial charge in [0, 0.05) is 25.7 Å². The first-order valence-corrected chi connectivity index (χ1v) is 11.3. The predicted octanol–water partition coefficient (Wildman–Crippen LogP) is 1.18. The van der Waals surface area contributed by atoms with Gasteiger partial charge in [-0.15, -0.1) is 0 Å². The molecule has 0 aromatic carbocycles. The van der Waals surface area contributed by atoms with Crippen LogP contribution in [0.25, 0.3) is 0 Å². The van der Waals surface area contributed by atoms with Gasteiger partial charge in [0.25, 0.3) is 0 Å². The summed E-state index contributed by atoms with van der Waals surface area (Å²) >= 11 is 0. The number of likely N-dealkylation sites (tertiary alicyclic amines) is 1. The first-order valence-electron chi connectivity index (χ1n) is 11.3. The van der Waals surface area contributed by atoms with Crippen LogP contribution in [-0.4, -0.2) is 82.9 Å². The number of carbonyl (C=O) groups excluding carboxylic acids is 3. The lowest BCUT2D eigenvalue weighted by Gasteiger charge is -2.36. The van der Waals surface area contributed by atoms with Crippen LogP contribution in [0.4, 0.5) is 0 Å². The standard InChI is InChI=1S/C22H31N3O4/c1-2-23-11-12-24(13-17(23)26)20(27)18-16-9-10-22(29-16)14-25(21(28)19(18)22)15-7-5-3-4-6-8-15/h9-10,15-16,18-19H,2-8,11-14H2,1H3/t16-,18-,19-,22-/m0/s1. The Balaban J connectivity index is 1.36. The molecule has 4 heterocycles. The minimum Gasteiger partial charge on any atom is -0.360 e. The highest BCUT2D eigenvalue weighted by molar-refractivity contribution is 5.94. The Labute approximate surface area is 172 Å². The third kappa shape index (κ3) is 2.92. The third-order valence-electron chi connectivity index (χ3n) is 7.69. The maximum absolute atomic E-state index is 13.5. The molecule has 3 saturated heterocycles. The Morgan fingerprint density at radius 1 is 1.17 bits per heavy atom. The van der Waals surface area contributed by atoms with Gasteiger partial charge >= 0.3 is 0 Å². The summed E-state index contributed by atoms with van der Waals surface area (Å²) in [5.41, 5.74) is -0.649. The zero-order valence-electron chi connectivity index (χ0n) is 17.2. The van der Waals surface area contributed by atoms with Crippen LogP contribution < -0.4 is 0 Å². The first-order chi connectivity index (χ1) is 14.0. The van der Waals surface area contributed by atoms with Crippen LogP contribution in [0.1, 0.15) is 45.4 Å². The molecule has 29 heavy (non-hydrogen) atoms. The van der Waals surface area contributed by atoms with Crippen molar-refractivity contribution in [1.29, 1.82) is 0 Å². The summed E-state index contributed by atoms with van der Waals surface area (Å²) < 4.78 is 6.28. The SMILES string of the molecule is CCN1CCN(C(=O)[C@H]2[C@@H]3C=C[C@@]4(CN(C5CCCCCC5)C(=O)[C@H]24)O3)CC1=O. The van der Waals surface area contributed by atoms with Gasteiger partial charge in [-0.3, -0.25) is 14.4 Å². The Kier molecular flexibility index (Phi) is 4.68. The number of rotatable bonds is 3. The molecule has 0 N–H and O–H groups in total. The fraction of sp³-hybridized carbons (Fsp3) is 0.773. The Hall–Kier alpha value is -1.89. The molecule has 5 rings (SSSR count). The van der Waals surface area contributed by atoms with Gasteiger partial charge in [0.15, 0.2) is 0 Å². The summed E-state index contributed by atoms with van der Waals surface area (Å²) in [6.07, 6.45) is 10.6. The molecule has 7 nitrogen and oxygen atoms in total. The normalized spacial score (nSPS) is 37.4. The number of nitrogens with zero attached hydrogens (tertiary/aromatic N) is 3. The Bertz CT molecular complexity index is 744. The van der Waals surface area contributed by atoms with Crippen LogP contribution in [-0.2, 0) is 19.1 Å². The van der Waals surface area contributed by atoms with Crippen molar-refractivity contribution in [3.05, 3.63) is 12.2 Å². The fourth-order valence-corrected chi connectivity index (χ4v) is 6.13. The van der Waals surface area contributed by atoms with Crippen molar-refractivity contribution in [3.63, 3.8) is 0 Å². The van der Waals surface area contributed by atoms with E-state index < -0.39 is 17.4 Å². The number of carbonyl (C=O) groups is 3. The van der Waals surface area contributed by atoms with Crippen LogP contribution in [0.15, 0.2) is 12.2 Å². The lowest BCUT2D eigenvalue weighted by Crippen LogP contribution is -2.55. The largest absolute Gasteiger partial charge is 0.360 e. The van der Waals surface area contributed by atoms with Gasteiger partial charge < -0.3 is 19.4 Å². The minimum atomic E-state index is -0.649. The molecule has 3 amide bonds. The second-order valence-corrected chi connectivity index (χ2v) is 9.24. The van der Waals surface area contributed by atoms with Crippen molar-refractivity contribution < 1.29 is 19.1 Å². The van der Waals surface area contributed by atoms with Crippen molar-refractivity contribution in [1.82, 2.24) is 14.7 Å². The monoisotopic (exact) mass is 401 g/mol. The van der Waals surface area contributed by atoms with E-state index in [0.717, 1.165) is 25.7 Å². The van der Waals surface area contributed by atoms with Crippen molar-refractivity contribution in [2.24, 2.45) is 11.8 Å². The highest BCUT2D eigenvalue weighted by Gasteiger charge is 2.67. The second kappa shape index (κ2) is 7.11. The van der Waals surface area contributed by atoms with E-state index in [9.17, 15) is 14.4 Å². The average Bonchev–Trinajstić information content (AvgIpc) is 3.27. The molecule has 5 aliphatic rings. The Morgan fingerprint density at radius 2 is 1.93 bits per heavy atom. The summed E-state index contributed by atoms with van der Waals surface area (Å²) in [6, 6.07) is 0.270. The molecule has 4 aliphatic heterocycles. The molecule has 1 spiro atoms. The number of hydrogen-bond donors (Lipinski definition) is 0. The molecule has 4 fully saturated rings. The van der Waals surface area contributed by atoms with Crippen LogP contribution in [0.5, 0.6) is 0 Å². The van der Waals surface area contributed by atoms with E-state index in [1.165, 1.54) is 12.8 Å². The molecule has 0 unspecified atom stereocenters. The fourth-order valence-electron chi connectivity index (χ4n) is 6.13. The molecule has 1 aliphatic carbocycles. The molecule has 0 radical (unpaired) electrons. The smallest absolute Gasteiger partial charge is 0.242 e. The van der Waals surface area contributed by atoms with E-state index in [1.807, 2.05) is 24.0 Å². The number of ether oxygens (including phenoxy) is 1. The summed E-state index contributed by atoms with van der Waals surface area (Å²) in [7, 11) is 0. The van der Waals surface area contributed by atoms with E-state index in [1.54, 1.807) is 9.80 Å². The van der Waals surface area contributed by atoms with Crippen LogP contribution in [0, 0.1) is 11.8 Å². The molecule has 2 bridgehead atoms. The van der Waals surface area contributed by atoms with Gasteiger partial charge in [-0.25, -0.2) is 0 Å². The lowest BCUT2D eigenvalue weighted by atomic mass is 9.76. The highest BCUT2D eigenvalue weighted by atomic mass is 16.5.